The van der Waals surface area contributed by atoms with Crippen LogP contribution in [0.3, 0.4) is 0 Å². The van der Waals surface area contributed by atoms with Gasteiger partial charge in [0.05, 0.1) is 55.7 Å². The molecule has 0 aliphatic carbocycles. The van der Waals surface area contributed by atoms with E-state index in [1.54, 1.807) is 13.0 Å². The Morgan fingerprint density at radius 2 is 1.35 bits per heavy atom. The molecule has 22 N–H and O–H groups in total. The number of carboxylic acid groups (broad SMARTS) is 2. The number of carbonyl (C=O) groups is 8. The molecule has 0 spiro atoms. The number of aromatic nitrogens is 3. The predicted molar refractivity (Wildman–Crippen MR) is 434 cm³/mol. The van der Waals surface area contributed by atoms with Crippen molar-refractivity contribution >= 4 is 61.0 Å². The quantitative estimate of drug-likeness (QED) is 0.0121. The number of carbonyl (C=O) groups excluding carboxylic acids is 6. The van der Waals surface area contributed by atoms with Gasteiger partial charge in [0.2, 0.25) is 29.3 Å². The molecule has 1 aromatic carbocycles. The number of nitro groups is 1. The van der Waals surface area contributed by atoms with Gasteiger partial charge in [0, 0.05) is 39.4 Å². The first-order valence-electron chi connectivity index (χ1n) is 40.7. The largest absolute Gasteiger partial charge is 0.481 e. The third-order valence-corrected chi connectivity index (χ3v) is 22.2. The van der Waals surface area contributed by atoms with Crippen molar-refractivity contribution in [2.75, 3.05) is 39.5 Å². The molecule has 48 heteroatoms. The fourth-order valence-electron chi connectivity index (χ4n) is 14.3. The number of primary amides is 2. The number of nitrogens with zero attached hydrogens (tertiary/aromatic N) is 4. The van der Waals surface area contributed by atoms with Gasteiger partial charge < -0.3 is 151 Å². The first-order chi connectivity index (χ1) is 59.5. The topological polar surface area (TPSA) is 725 Å². The van der Waals surface area contributed by atoms with Crippen LogP contribution in [0.2, 0.25) is 0 Å². The summed E-state index contributed by atoms with van der Waals surface area (Å²) < 4.78 is 91.1. The monoisotopic (exact) mass is 1830 g/mol. The van der Waals surface area contributed by atoms with Gasteiger partial charge in [-0.2, -0.15) is 0 Å². The Kier molecular flexibility index (Phi) is 39.4. The molecule has 5 aliphatic rings. The van der Waals surface area contributed by atoms with Crippen LogP contribution in [0.5, 0.6) is 0 Å². The third kappa shape index (κ3) is 29.2. The van der Waals surface area contributed by atoms with Gasteiger partial charge in [0.25, 0.3) is 11.6 Å². The molecule has 5 amide bonds. The zero-order valence-electron chi connectivity index (χ0n) is 71.7. The average Bonchev–Trinajstić information content (AvgIpc) is 0.787. The minimum absolute atomic E-state index is 0.103. The van der Waals surface area contributed by atoms with E-state index in [0.29, 0.717) is 12.8 Å². The predicted octanol–water partition coefficient (Wildman–Crippen LogP) is -1.29. The molecule has 5 saturated heterocycles. The summed E-state index contributed by atoms with van der Waals surface area (Å²) >= 11 is 0. The van der Waals surface area contributed by atoms with E-state index in [2.05, 4.69) is 85.5 Å². The number of aliphatic hydroxyl groups excluding tert-OH is 9. The lowest BCUT2D eigenvalue weighted by atomic mass is 9.85. The van der Waals surface area contributed by atoms with Crippen LogP contribution in [0.4, 0.5) is 10.5 Å². The lowest BCUT2D eigenvalue weighted by molar-refractivity contribution is -0.385. The highest BCUT2D eigenvalue weighted by molar-refractivity contribution is 7.47. The van der Waals surface area contributed by atoms with Crippen molar-refractivity contribution in [2.24, 2.45) is 22.6 Å². The summed E-state index contributed by atoms with van der Waals surface area (Å²) in [6, 6.07) is -1.26. The SMILES string of the molecule is C=C(C/C=C(\C)CCC=C(C)C)CCC(C)(C)/C=C/CC/C(C)=C\COC(COP(=O)(O)O[C@H]1O[C@H](C(N)=O)[C@@](C)(O)[C@H](OC(N)=O)[C@H]1O[C@@H]1O[C@H](CCO[C@@H]2O[C@H](CO)[C@@H](O)[C@H](O)[C@H]2O)[C@@H](O[C@@H]2O[C@H](C)[C@@H](O[C@@H]3O[C@H](c4nc(C(=O)CCC(=O)O)nn4-c4ccc([N+](=O)[O-])c(C(=O)NCCN)c4)[C@H](O)[C@H](O)[C@H]3O)[C@H](O)[C@H]2NC(C)=O)[C@H](O)[C@H]1NC(C)=O)C(=O)O. The van der Waals surface area contributed by atoms with E-state index in [0.717, 1.165) is 86.9 Å². The number of carboxylic acids is 2. The number of Topliss-reactive ketones (excluding diaryl/α,β-unsaturated/α-hetero) is 1. The van der Waals surface area contributed by atoms with E-state index >= 15 is 0 Å². The van der Waals surface area contributed by atoms with Gasteiger partial charge in [-0.05, 0) is 110 Å². The van der Waals surface area contributed by atoms with E-state index in [9.17, 15) is 119 Å². The molecule has 7 rings (SSSR count). The van der Waals surface area contributed by atoms with Crippen LogP contribution in [0, 0.1) is 15.5 Å². The Morgan fingerprint density at radius 3 is 1.96 bits per heavy atom. The molecule has 1 aromatic heterocycles. The minimum atomic E-state index is -5.89. The molecule has 2 unspecified atom stereocenters. The Labute approximate surface area is 729 Å². The maximum Gasteiger partial charge on any atom is 0.474 e. The summed E-state index contributed by atoms with van der Waals surface area (Å²) in [5, 5.41) is 158. The highest BCUT2D eigenvalue weighted by Crippen LogP contribution is 2.49. The number of aliphatic hydroxyl groups is 10. The van der Waals surface area contributed by atoms with Crippen molar-refractivity contribution in [1.29, 1.82) is 0 Å². The first-order valence-corrected chi connectivity index (χ1v) is 42.2. The van der Waals surface area contributed by atoms with E-state index in [1.807, 2.05) is 6.08 Å². The van der Waals surface area contributed by atoms with Gasteiger partial charge in [0.15, 0.2) is 61.7 Å². The van der Waals surface area contributed by atoms with Crippen LogP contribution in [0.25, 0.3) is 5.69 Å². The molecule has 0 saturated carbocycles. The number of aliphatic carboxylic acids is 2. The Bertz CT molecular complexity index is 4310. The zero-order valence-corrected chi connectivity index (χ0v) is 72.5. The van der Waals surface area contributed by atoms with Crippen LogP contribution in [-0.2, 0) is 89.7 Å². The molecule has 47 nitrogen and oxygen atoms in total. The number of allylic oxidation sites excluding steroid dienone is 8. The fourth-order valence-corrected chi connectivity index (χ4v) is 15.1. The summed E-state index contributed by atoms with van der Waals surface area (Å²) in [7, 11) is -5.89. The molecule has 0 radical (unpaired) electrons. The number of phosphoric acid groups is 1. The van der Waals surface area contributed by atoms with Crippen LogP contribution in [0.15, 0.2) is 77.5 Å². The fraction of sp³-hybridized carbons (Fsp3) is 0.671. The molecule has 2 aromatic rings. The smallest absolute Gasteiger partial charge is 0.474 e. The lowest BCUT2D eigenvalue weighted by Gasteiger charge is -2.52. The van der Waals surface area contributed by atoms with E-state index in [1.165, 1.54) is 18.1 Å². The standard InChI is InChI=1S/C79H119N10O37P/c1-36(2)15-14-17-37(3)18-19-39(5)24-28-78(9,10)27-13-12-16-38(4)25-31-114-49(71(106)107)35-116-127(112,113)126-76-64(65(125-77(82)108)79(11,109)66(124-76)67(81)104)123-73-52(85-42(8)92)55(98)62(47(118-73)26-32-115-74-59(102)56(99)53(96)48(34-90)119-74)121-72-51(84-41(7)91)54(97)61(40(6)117-72)120-75-60(103)57(100)58(101)63(122-75)69-86-68(46(93)22-23-50(94)95)87-88(69)43-20-21-45(89(110)111)44(33-43)70(105)83-30-29-80/h13,15,18,20-21,25,27,33,40,47-49,51-66,72-76,90,96-103,109H,5,12,14,16-17,19,22-24,26,28-32,34-35,80H2,1-4,6-11H3,(H2,81,104)(H2,82,108)(H,83,105)(H,84,91)(H,85,92)(H,94,95)(H,106,107)(H,112,113)/b27-13+,37-18+,38-25-/t40-,47-,48-,49?,51-,52-,53-,54-,55-,56+,57+,58-,59-,60-,61-,62-,63+,64-,65-,66-,72+,73+,74-,75-,76-,79+/m1/s1. The van der Waals surface area contributed by atoms with Gasteiger partial charge in [-0.25, -0.2) is 23.8 Å². The number of nitrogens with two attached hydrogens (primary N) is 3. The summed E-state index contributed by atoms with van der Waals surface area (Å²) in [6.45, 7) is 16.8. The molecular weight excluding hydrogens is 1710 g/mol. The summed E-state index contributed by atoms with van der Waals surface area (Å²) in [5.41, 5.74) is 16.4. The Balaban J connectivity index is 1.17. The van der Waals surface area contributed by atoms with Gasteiger partial charge in [-0.15, -0.1) is 5.10 Å². The van der Waals surface area contributed by atoms with Crippen molar-refractivity contribution in [3.05, 3.63) is 105 Å². The van der Waals surface area contributed by atoms with Gasteiger partial charge in [-0.3, -0.25) is 47.9 Å². The maximum absolute atomic E-state index is 14.2. The Morgan fingerprint density at radius 1 is 0.748 bits per heavy atom. The first kappa shape index (κ1) is 106. The second-order valence-electron chi connectivity index (χ2n) is 32.5. The van der Waals surface area contributed by atoms with Crippen LogP contribution >= 0.6 is 7.82 Å². The second-order valence-corrected chi connectivity index (χ2v) is 33.9. The summed E-state index contributed by atoms with van der Waals surface area (Å²) in [5.74, 6) is -10.2. The number of nitrogens with one attached hydrogen (secondary N) is 3. The van der Waals surface area contributed by atoms with Crippen molar-refractivity contribution in [3.63, 3.8) is 0 Å². The summed E-state index contributed by atoms with van der Waals surface area (Å²) in [6.07, 6.45) is -37.6. The number of hydrogen-bond donors (Lipinski definition) is 19. The molecule has 27 atom stereocenters. The number of phosphoric ester groups is 1. The number of amides is 5. The normalized spacial score (nSPS) is 31.5. The molecule has 5 aliphatic heterocycles. The van der Waals surface area contributed by atoms with Crippen molar-refractivity contribution < 1.29 is 175 Å². The highest BCUT2D eigenvalue weighted by Gasteiger charge is 2.62. The average molecular weight is 1830 g/mol. The van der Waals surface area contributed by atoms with Gasteiger partial charge >= 0.3 is 25.9 Å². The maximum atomic E-state index is 14.2. The van der Waals surface area contributed by atoms with Gasteiger partial charge in [-0.1, -0.05) is 73.1 Å². The van der Waals surface area contributed by atoms with E-state index in [4.69, 9.17) is 78.4 Å². The second kappa shape index (κ2) is 47.4. The Hall–Kier alpha value is -8.51. The molecule has 127 heavy (non-hydrogen) atoms. The number of ether oxygens (including phenoxy) is 11. The highest BCUT2D eigenvalue weighted by atomic mass is 31.2. The van der Waals surface area contributed by atoms with Crippen molar-refractivity contribution in [3.8, 4) is 5.69 Å². The van der Waals surface area contributed by atoms with Crippen LogP contribution < -0.4 is 33.2 Å². The zero-order chi connectivity index (χ0) is 94.6. The number of nitro benzene ring substituents is 1. The van der Waals surface area contributed by atoms with Crippen LogP contribution in [0.1, 0.15) is 166 Å². The molecule has 0 bridgehead atoms. The number of benzene rings is 1. The number of rotatable bonds is 46. The molecule has 5 fully saturated rings. The molecule has 6 heterocycles. The lowest BCUT2D eigenvalue weighted by Crippen LogP contribution is -2.72. The minimum Gasteiger partial charge on any atom is -0.481 e. The van der Waals surface area contributed by atoms with E-state index in [-0.39, 0.29) is 30.8 Å². The van der Waals surface area contributed by atoms with Crippen LogP contribution in [-0.4, -0.2) is 326 Å². The van der Waals surface area contributed by atoms with Crippen molar-refractivity contribution in [1.82, 2.24) is 30.7 Å². The van der Waals surface area contributed by atoms with Crippen molar-refractivity contribution in [2.45, 2.75) is 292 Å². The third-order valence-electron chi connectivity index (χ3n) is 21.3. The van der Waals surface area contributed by atoms with Gasteiger partial charge in [0.1, 0.15) is 96.5 Å². The number of ketones is 1. The molecule has 712 valence electrons. The summed E-state index contributed by atoms with van der Waals surface area (Å²) in [4.78, 5) is 131. The number of hydrogen-bond acceptors (Lipinski definition) is 37. The van der Waals surface area contributed by atoms with E-state index < -0.39 is 281 Å². The molecular formula is C79H119N10O37P.